The number of aliphatic hydroxyl groups is 1. The highest BCUT2D eigenvalue weighted by atomic mass is 19.4. The number of alkyl halides is 3. The number of ketones is 1. The van der Waals surface area contributed by atoms with Crippen molar-refractivity contribution in [3.63, 3.8) is 0 Å². The third kappa shape index (κ3) is 4.67. The Labute approximate surface area is 203 Å². The summed E-state index contributed by atoms with van der Waals surface area (Å²) in [4.78, 5) is 31.7. The van der Waals surface area contributed by atoms with Crippen LogP contribution >= 0.6 is 0 Å². The van der Waals surface area contributed by atoms with Crippen molar-refractivity contribution in [3.8, 4) is 17.2 Å². The van der Waals surface area contributed by atoms with Gasteiger partial charge >= 0.3 is 6.36 Å². The van der Waals surface area contributed by atoms with Crippen molar-refractivity contribution in [1.29, 1.82) is 0 Å². The fourth-order valence-corrected chi connectivity index (χ4v) is 3.87. The first-order valence-corrected chi connectivity index (χ1v) is 10.4. The van der Waals surface area contributed by atoms with Crippen LogP contribution in [0.3, 0.4) is 0 Å². The molecule has 186 valence electrons. The first kappa shape index (κ1) is 24.6. The third-order valence-corrected chi connectivity index (χ3v) is 5.42. The minimum Gasteiger partial charge on any atom is -0.507 e. The standard InChI is InChI=1S/C25H19F3N2O6/c1-34-16-10-11-19(35-2)17(13-16)22(31)20-21(18-5-3-4-12-29-18)30(24(33)23(20)32)14-6-8-15(9-7-14)36-25(26,27)28/h3-13,21,31H,1-2H3/b22-20+. The highest BCUT2D eigenvalue weighted by molar-refractivity contribution is 6.51. The quantitative estimate of drug-likeness (QED) is 0.300. The maximum Gasteiger partial charge on any atom is 0.573 e. The second kappa shape index (κ2) is 9.61. The number of aliphatic hydroxyl groups excluding tert-OH is 1. The molecule has 1 aliphatic heterocycles. The third-order valence-electron chi connectivity index (χ3n) is 5.42. The van der Waals surface area contributed by atoms with Gasteiger partial charge < -0.3 is 19.3 Å². The van der Waals surface area contributed by atoms with Crippen molar-refractivity contribution in [1.82, 2.24) is 4.98 Å². The van der Waals surface area contributed by atoms with Crippen LogP contribution in [0.1, 0.15) is 17.3 Å². The molecule has 2 heterocycles. The average Bonchev–Trinajstić information content (AvgIpc) is 3.13. The number of carbonyl (C=O) groups is 2. The van der Waals surface area contributed by atoms with Gasteiger partial charge in [-0.25, -0.2) is 0 Å². The first-order valence-electron chi connectivity index (χ1n) is 10.4. The maximum atomic E-state index is 13.2. The lowest BCUT2D eigenvalue weighted by molar-refractivity contribution is -0.274. The van der Waals surface area contributed by atoms with Crippen molar-refractivity contribution in [3.05, 3.63) is 83.7 Å². The van der Waals surface area contributed by atoms with Crippen LogP contribution in [0.2, 0.25) is 0 Å². The van der Waals surface area contributed by atoms with Crippen LogP contribution < -0.4 is 19.1 Å². The van der Waals surface area contributed by atoms with Crippen LogP contribution in [0.4, 0.5) is 18.9 Å². The number of hydrogen-bond donors (Lipinski definition) is 1. The topological polar surface area (TPSA) is 98.2 Å². The lowest BCUT2D eigenvalue weighted by Gasteiger charge is -2.25. The summed E-state index contributed by atoms with van der Waals surface area (Å²) in [5.74, 6) is -2.46. The fraction of sp³-hybridized carbons (Fsp3) is 0.160. The van der Waals surface area contributed by atoms with Crippen LogP contribution in [0.5, 0.6) is 17.2 Å². The van der Waals surface area contributed by atoms with E-state index in [1.54, 1.807) is 24.3 Å². The number of aromatic nitrogens is 1. The molecule has 1 atom stereocenters. The summed E-state index contributed by atoms with van der Waals surface area (Å²) in [6.07, 6.45) is -3.45. The van der Waals surface area contributed by atoms with Gasteiger partial charge in [0.25, 0.3) is 11.7 Å². The van der Waals surface area contributed by atoms with Crippen molar-refractivity contribution < 1.29 is 42.1 Å². The number of rotatable bonds is 6. The molecule has 0 aliphatic carbocycles. The average molecular weight is 500 g/mol. The zero-order chi connectivity index (χ0) is 26.0. The number of ether oxygens (including phenoxy) is 3. The van der Waals surface area contributed by atoms with E-state index < -0.39 is 35.6 Å². The zero-order valence-electron chi connectivity index (χ0n) is 18.9. The lowest BCUT2D eigenvalue weighted by Crippen LogP contribution is -2.29. The normalized spacial score (nSPS) is 17.2. The van der Waals surface area contributed by atoms with Gasteiger partial charge in [-0.15, -0.1) is 13.2 Å². The SMILES string of the molecule is COc1ccc(OC)c(/C(O)=C2\C(=O)C(=O)N(c3ccc(OC(F)(F)F)cc3)C2c2ccccn2)c1. The van der Waals surface area contributed by atoms with E-state index in [2.05, 4.69) is 9.72 Å². The lowest BCUT2D eigenvalue weighted by atomic mass is 9.97. The highest BCUT2D eigenvalue weighted by Crippen LogP contribution is 2.43. The molecule has 0 saturated carbocycles. The summed E-state index contributed by atoms with van der Waals surface area (Å²) >= 11 is 0. The van der Waals surface area contributed by atoms with E-state index in [4.69, 9.17) is 9.47 Å². The van der Waals surface area contributed by atoms with Crippen molar-refractivity contribution in [2.75, 3.05) is 19.1 Å². The summed E-state index contributed by atoms with van der Waals surface area (Å²) in [7, 11) is 2.79. The Morgan fingerprint density at radius 1 is 0.972 bits per heavy atom. The van der Waals surface area contributed by atoms with E-state index in [1.165, 1.54) is 44.7 Å². The van der Waals surface area contributed by atoms with E-state index in [1.807, 2.05) is 0 Å². The van der Waals surface area contributed by atoms with E-state index >= 15 is 0 Å². The molecule has 36 heavy (non-hydrogen) atoms. The van der Waals surface area contributed by atoms with Crippen molar-refractivity contribution in [2.24, 2.45) is 0 Å². The molecule has 0 bridgehead atoms. The molecule has 1 saturated heterocycles. The fourth-order valence-electron chi connectivity index (χ4n) is 3.87. The van der Waals surface area contributed by atoms with E-state index in [0.29, 0.717) is 5.75 Å². The number of carbonyl (C=O) groups excluding carboxylic acids is 2. The molecule has 2 aromatic carbocycles. The molecule has 4 rings (SSSR count). The molecule has 8 nitrogen and oxygen atoms in total. The minimum absolute atomic E-state index is 0.0962. The number of amides is 1. The number of methoxy groups -OCH3 is 2. The predicted octanol–water partition coefficient (Wildman–Crippen LogP) is 4.62. The predicted molar refractivity (Wildman–Crippen MR) is 122 cm³/mol. The molecule has 1 amide bonds. The van der Waals surface area contributed by atoms with Crippen LogP contribution in [0.15, 0.2) is 72.4 Å². The van der Waals surface area contributed by atoms with Gasteiger partial charge in [0.1, 0.15) is 29.0 Å². The monoisotopic (exact) mass is 500 g/mol. The number of Topliss-reactive ketones (excluding diaryl/α,β-unsaturated/α-hetero) is 1. The summed E-state index contributed by atoms with van der Waals surface area (Å²) in [6, 6.07) is 12.6. The van der Waals surface area contributed by atoms with Crippen LogP contribution in [-0.2, 0) is 9.59 Å². The Bertz CT molecular complexity index is 1320. The number of nitrogens with zero attached hydrogens (tertiary/aromatic N) is 2. The van der Waals surface area contributed by atoms with Gasteiger partial charge in [-0.1, -0.05) is 6.07 Å². The Kier molecular flexibility index (Phi) is 6.56. The Morgan fingerprint density at radius 3 is 2.25 bits per heavy atom. The number of pyridine rings is 1. The largest absolute Gasteiger partial charge is 0.573 e. The molecular weight excluding hydrogens is 481 g/mol. The molecule has 1 aromatic heterocycles. The van der Waals surface area contributed by atoms with Gasteiger partial charge in [-0.3, -0.25) is 19.5 Å². The van der Waals surface area contributed by atoms with Gasteiger partial charge in [0.2, 0.25) is 0 Å². The second-order valence-electron chi connectivity index (χ2n) is 7.53. The van der Waals surface area contributed by atoms with E-state index in [0.717, 1.165) is 17.0 Å². The number of anilines is 1. The molecule has 1 N–H and O–H groups in total. The Morgan fingerprint density at radius 2 is 1.67 bits per heavy atom. The molecule has 1 aliphatic rings. The number of hydrogen-bond acceptors (Lipinski definition) is 7. The summed E-state index contributed by atoms with van der Waals surface area (Å²) < 4.78 is 52.1. The van der Waals surface area contributed by atoms with Crippen LogP contribution in [0.25, 0.3) is 5.76 Å². The van der Waals surface area contributed by atoms with Crippen molar-refractivity contribution >= 4 is 23.1 Å². The smallest absolute Gasteiger partial charge is 0.507 e. The van der Waals surface area contributed by atoms with E-state index in [9.17, 15) is 27.9 Å². The molecule has 1 unspecified atom stereocenters. The molecule has 0 radical (unpaired) electrons. The molecule has 11 heteroatoms. The summed E-state index contributed by atoms with van der Waals surface area (Å²) in [6.45, 7) is 0. The van der Waals surface area contributed by atoms with Gasteiger partial charge in [-0.2, -0.15) is 0 Å². The molecule has 1 fully saturated rings. The second-order valence-corrected chi connectivity index (χ2v) is 7.53. The van der Waals surface area contributed by atoms with Gasteiger partial charge in [0.15, 0.2) is 0 Å². The van der Waals surface area contributed by atoms with E-state index in [-0.39, 0.29) is 28.3 Å². The van der Waals surface area contributed by atoms with Gasteiger partial charge in [0, 0.05) is 11.9 Å². The molecular formula is C25H19F3N2O6. The minimum atomic E-state index is -4.89. The Hall–Kier alpha value is -4.54. The molecule has 3 aromatic rings. The number of halogens is 3. The highest BCUT2D eigenvalue weighted by Gasteiger charge is 2.48. The summed E-state index contributed by atoms with van der Waals surface area (Å²) in [5, 5.41) is 11.3. The maximum absolute atomic E-state index is 13.2. The van der Waals surface area contributed by atoms with Crippen LogP contribution in [-0.4, -0.2) is 42.4 Å². The summed E-state index contributed by atoms with van der Waals surface area (Å²) in [5.41, 5.74) is 0.167. The zero-order valence-corrected chi connectivity index (χ0v) is 18.9. The van der Waals surface area contributed by atoms with Gasteiger partial charge in [0.05, 0.1) is 31.1 Å². The first-order chi connectivity index (χ1) is 17.1. The van der Waals surface area contributed by atoms with Crippen molar-refractivity contribution in [2.45, 2.75) is 12.4 Å². The molecule has 0 spiro atoms. The number of benzene rings is 2. The van der Waals surface area contributed by atoms with Gasteiger partial charge in [-0.05, 0) is 54.6 Å². The Balaban J connectivity index is 1.88. The van der Waals surface area contributed by atoms with Crippen LogP contribution in [0, 0.1) is 0 Å².